The lowest BCUT2D eigenvalue weighted by Crippen LogP contribution is -2.32. The van der Waals surface area contributed by atoms with E-state index in [9.17, 15) is 18.3 Å². The molecule has 4 aromatic rings. The van der Waals surface area contributed by atoms with Gasteiger partial charge < -0.3 is 14.6 Å². The second kappa shape index (κ2) is 14.3. The van der Waals surface area contributed by atoms with Crippen LogP contribution in [0.15, 0.2) is 113 Å². The van der Waals surface area contributed by atoms with Crippen molar-refractivity contribution in [2.75, 3.05) is 26.3 Å². The third-order valence-corrected chi connectivity index (χ3v) is 8.42. The smallest absolute Gasteiger partial charge is 0.338 e. The topological polar surface area (TPSA) is 93.1 Å². The summed E-state index contributed by atoms with van der Waals surface area (Å²) in [4.78, 5) is 14.1. The highest BCUT2D eigenvalue weighted by Crippen LogP contribution is 2.24. The van der Waals surface area contributed by atoms with Gasteiger partial charge in [0.1, 0.15) is 12.4 Å². The Bertz CT molecular complexity index is 1530. The zero-order valence-electron chi connectivity index (χ0n) is 22.6. The number of carbonyl (C=O) groups excluding carboxylic acids is 1. The van der Waals surface area contributed by atoms with Crippen LogP contribution >= 0.6 is 11.6 Å². The van der Waals surface area contributed by atoms with Gasteiger partial charge in [-0.3, -0.25) is 4.90 Å². The normalized spacial score (nSPS) is 12.2. The lowest BCUT2D eigenvalue weighted by atomic mass is 10.1. The fourth-order valence-corrected chi connectivity index (χ4v) is 5.73. The van der Waals surface area contributed by atoms with Crippen molar-refractivity contribution in [1.29, 1.82) is 0 Å². The molecule has 0 bridgehead atoms. The van der Waals surface area contributed by atoms with Gasteiger partial charge >= 0.3 is 5.97 Å². The van der Waals surface area contributed by atoms with Crippen LogP contribution in [-0.2, 0) is 21.1 Å². The van der Waals surface area contributed by atoms with Gasteiger partial charge in [0.2, 0.25) is 9.84 Å². The van der Waals surface area contributed by atoms with Crippen molar-refractivity contribution in [3.8, 4) is 5.75 Å². The first-order chi connectivity index (χ1) is 19.8. The molecule has 0 saturated heterocycles. The molecule has 0 amide bonds. The second-order valence-corrected chi connectivity index (χ2v) is 11.7. The first-order valence-corrected chi connectivity index (χ1v) is 15.1. The molecule has 0 unspecified atom stereocenters. The first-order valence-electron chi connectivity index (χ1n) is 13.2. The Morgan fingerprint density at radius 2 is 1.56 bits per heavy atom. The zero-order chi connectivity index (χ0) is 29.2. The molecule has 0 heterocycles. The van der Waals surface area contributed by atoms with E-state index < -0.39 is 21.9 Å². The summed E-state index contributed by atoms with van der Waals surface area (Å²) in [5.41, 5.74) is 2.13. The number of hydrogen-bond acceptors (Lipinski definition) is 7. The summed E-state index contributed by atoms with van der Waals surface area (Å²) in [5, 5.41) is 11.4. The van der Waals surface area contributed by atoms with Gasteiger partial charge in [0.25, 0.3) is 0 Å². The molecule has 0 aliphatic rings. The number of rotatable bonds is 13. The van der Waals surface area contributed by atoms with Gasteiger partial charge in [-0.05, 0) is 78.7 Å². The lowest BCUT2D eigenvalue weighted by molar-refractivity contribution is 0.0526. The highest BCUT2D eigenvalue weighted by molar-refractivity contribution is 7.91. The summed E-state index contributed by atoms with van der Waals surface area (Å²) in [5.74, 6) is 0.0240. The molecule has 4 rings (SSSR count). The summed E-state index contributed by atoms with van der Waals surface area (Å²) in [6.07, 6.45) is -0.728. The number of sulfone groups is 1. The highest BCUT2D eigenvalue weighted by atomic mass is 35.5. The average molecular weight is 594 g/mol. The number of aliphatic hydroxyl groups is 1. The van der Waals surface area contributed by atoms with Crippen LogP contribution in [0.25, 0.3) is 0 Å². The van der Waals surface area contributed by atoms with Crippen molar-refractivity contribution >= 4 is 27.4 Å². The second-order valence-electron chi connectivity index (χ2n) is 9.36. The maximum absolute atomic E-state index is 13.1. The van der Waals surface area contributed by atoms with E-state index in [2.05, 4.69) is 4.90 Å². The molecular weight excluding hydrogens is 562 g/mol. The lowest BCUT2D eigenvalue weighted by Gasteiger charge is -2.25. The third kappa shape index (κ3) is 8.41. The third-order valence-electron chi connectivity index (χ3n) is 6.40. The van der Waals surface area contributed by atoms with E-state index in [0.717, 1.165) is 11.1 Å². The molecule has 0 radical (unpaired) electrons. The molecule has 0 fully saturated rings. The number of carbonyl (C=O) groups is 1. The molecule has 0 aromatic heterocycles. The molecule has 9 heteroatoms. The van der Waals surface area contributed by atoms with Crippen LogP contribution in [0.1, 0.15) is 34.5 Å². The van der Waals surface area contributed by atoms with E-state index in [-0.39, 0.29) is 22.0 Å². The standard InChI is InChI=1S/C32H32ClNO6S/c1-2-39-32(36)25-11-15-29(16-12-25)41(37,38)30-17-13-28(14-18-30)40-20-19-34(22-24-7-4-3-5-8-24)23-31(35)26-9-6-10-27(33)21-26/h3-18,21,31,35H,2,19-20,22-23H2,1H3/t31-/m1/s1. The number of esters is 1. The summed E-state index contributed by atoms with van der Waals surface area (Å²) in [6.45, 7) is 3.80. The minimum atomic E-state index is -3.78. The molecule has 4 aromatic carbocycles. The first kappa shape index (κ1) is 30.3. The predicted molar refractivity (Wildman–Crippen MR) is 158 cm³/mol. The minimum Gasteiger partial charge on any atom is -0.492 e. The van der Waals surface area contributed by atoms with Crippen molar-refractivity contribution < 1.29 is 27.8 Å². The van der Waals surface area contributed by atoms with E-state index in [4.69, 9.17) is 21.1 Å². The summed E-state index contributed by atoms with van der Waals surface area (Å²) < 4.78 is 37.0. The molecule has 0 spiro atoms. The fraction of sp³-hybridized carbons (Fsp3) is 0.219. The van der Waals surface area contributed by atoms with Gasteiger partial charge in [-0.25, -0.2) is 13.2 Å². The summed E-state index contributed by atoms with van der Waals surface area (Å²) >= 11 is 6.11. The molecule has 7 nitrogen and oxygen atoms in total. The Labute approximate surface area is 245 Å². The molecule has 0 aliphatic carbocycles. The van der Waals surface area contributed by atoms with Gasteiger partial charge in [-0.15, -0.1) is 0 Å². The van der Waals surface area contributed by atoms with E-state index in [1.807, 2.05) is 42.5 Å². The fourth-order valence-electron chi connectivity index (χ4n) is 4.27. The van der Waals surface area contributed by atoms with Crippen molar-refractivity contribution in [2.45, 2.75) is 29.4 Å². The monoisotopic (exact) mass is 593 g/mol. The van der Waals surface area contributed by atoms with Crippen LogP contribution in [-0.4, -0.2) is 50.7 Å². The van der Waals surface area contributed by atoms with Crippen LogP contribution < -0.4 is 4.74 Å². The van der Waals surface area contributed by atoms with Crippen LogP contribution in [0.3, 0.4) is 0 Å². The Morgan fingerprint density at radius 1 is 0.902 bits per heavy atom. The number of nitrogens with zero attached hydrogens (tertiary/aromatic N) is 1. The summed E-state index contributed by atoms with van der Waals surface area (Å²) in [6, 6.07) is 29.0. The van der Waals surface area contributed by atoms with Crippen LogP contribution in [0.4, 0.5) is 0 Å². The zero-order valence-corrected chi connectivity index (χ0v) is 24.2. The Kier molecular flexibility index (Phi) is 10.5. The SMILES string of the molecule is CCOC(=O)c1ccc(S(=O)(=O)c2ccc(OCCN(Cc3ccccc3)C[C@@H](O)c3cccc(Cl)c3)cc2)cc1. The number of hydrogen-bond donors (Lipinski definition) is 1. The van der Waals surface area contributed by atoms with Gasteiger partial charge in [0.05, 0.1) is 28.1 Å². The Hall–Kier alpha value is -3.69. The molecule has 0 saturated carbocycles. The predicted octanol–water partition coefficient (Wildman–Crippen LogP) is 5.96. The van der Waals surface area contributed by atoms with Crippen molar-refractivity contribution in [3.05, 3.63) is 125 Å². The number of benzene rings is 4. The molecular formula is C32H32ClNO6S. The quantitative estimate of drug-likeness (QED) is 0.191. The molecule has 1 atom stereocenters. The van der Waals surface area contributed by atoms with Crippen molar-refractivity contribution in [2.24, 2.45) is 0 Å². The molecule has 1 N–H and O–H groups in total. The van der Waals surface area contributed by atoms with Crippen LogP contribution in [0.2, 0.25) is 5.02 Å². The van der Waals surface area contributed by atoms with Gasteiger partial charge in [0, 0.05) is 24.7 Å². The van der Waals surface area contributed by atoms with Crippen molar-refractivity contribution in [3.63, 3.8) is 0 Å². The van der Waals surface area contributed by atoms with Gasteiger partial charge in [-0.1, -0.05) is 54.1 Å². The Balaban J connectivity index is 1.38. The molecule has 41 heavy (non-hydrogen) atoms. The minimum absolute atomic E-state index is 0.0778. The maximum Gasteiger partial charge on any atom is 0.338 e. The van der Waals surface area contributed by atoms with E-state index >= 15 is 0 Å². The maximum atomic E-state index is 13.1. The largest absolute Gasteiger partial charge is 0.492 e. The number of aliphatic hydroxyl groups excluding tert-OH is 1. The molecule has 214 valence electrons. The van der Waals surface area contributed by atoms with E-state index in [1.54, 1.807) is 31.2 Å². The van der Waals surface area contributed by atoms with Gasteiger partial charge in [-0.2, -0.15) is 0 Å². The Morgan fingerprint density at radius 3 is 2.20 bits per heavy atom. The van der Waals surface area contributed by atoms with Gasteiger partial charge in [0.15, 0.2) is 0 Å². The number of halogens is 1. The van der Waals surface area contributed by atoms with E-state index in [1.165, 1.54) is 36.4 Å². The molecule has 0 aliphatic heterocycles. The highest BCUT2D eigenvalue weighted by Gasteiger charge is 2.19. The summed E-state index contributed by atoms with van der Waals surface area (Å²) in [7, 11) is -3.78. The average Bonchev–Trinajstić information content (AvgIpc) is 2.98. The van der Waals surface area contributed by atoms with Crippen molar-refractivity contribution in [1.82, 2.24) is 4.90 Å². The number of ether oxygens (including phenoxy) is 2. The van der Waals surface area contributed by atoms with E-state index in [0.29, 0.717) is 37.0 Å². The van der Waals surface area contributed by atoms with Crippen LogP contribution in [0, 0.1) is 0 Å². The van der Waals surface area contributed by atoms with Crippen LogP contribution in [0.5, 0.6) is 5.75 Å².